The van der Waals surface area contributed by atoms with Gasteiger partial charge in [0.1, 0.15) is 5.75 Å². The minimum Gasteiger partial charge on any atom is -0.494 e. The van der Waals surface area contributed by atoms with Gasteiger partial charge >= 0.3 is 5.92 Å². The number of ether oxygens (including phenoxy) is 1. The summed E-state index contributed by atoms with van der Waals surface area (Å²) in [5.41, 5.74) is 2.86. The number of hydrogen-bond donors (Lipinski definition) is 1. The Bertz CT molecular complexity index is 775. The predicted molar refractivity (Wildman–Crippen MR) is 103 cm³/mol. The molecule has 5 heteroatoms. The second-order valence-electron chi connectivity index (χ2n) is 6.44. The van der Waals surface area contributed by atoms with Gasteiger partial charge in [-0.2, -0.15) is 8.78 Å². The monoisotopic (exact) mass is 375 g/mol. The van der Waals surface area contributed by atoms with Crippen LogP contribution in [0.5, 0.6) is 5.75 Å². The molecule has 0 spiro atoms. The quantitative estimate of drug-likeness (QED) is 0.669. The molecule has 0 radical (unpaired) electrons. The highest BCUT2D eigenvalue weighted by atomic mass is 19.3. The van der Waals surface area contributed by atoms with Crippen molar-refractivity contribution in [3.8, 4) is 5.75 Å². The van der Waals surface area contributed by atoms with Gasteiger partial charge in [-0.3, -0.25) is 4.79 Å². The molecule has 0 saturated heterocycles. The Balaban J connectivity index is 2.08. The summed E-state index contributed by atoms with van der Waals surface area (Å²) in [6.45, 7) is 6.57. The molecule has 2 aromatic carbocycles. The number of halogens is 2. The Hall–Kier alpha value is -2.43. The second-order valence-corrected chi connectivity index (χ2v) is 6.44. The summed E-state index contributed by atoms with van der Waals surface area (Å²) in [6.07, 6.45) is 2.56. The van der Waals surface area contributed by atoms with Crippen molar-refractivity contribution in [2.75, 3.05) is 6.61 Å². The third kappa shape index (κ3) is 5.28. The molecule has 0 fully saturated rings. The van der Waals surface area contributed by atoms with Crippen LogP contribution >= 0.6 is 0 Å². The standard InChI is InChI=1S/C22H27F2NO2/c1-4-12-27-20-9-7-8-19(14-20)22(23,24)21(26)25-15-16-10-11-17(5-2)18(6-3)13-16/h7-11,13-14H,4-6,12,15H2,1-3H3,(H,25,26). The molecule has 146 valence electrons. The normalized spacial score (nSPS) is 11.3. The maximum absolute atomic E-state index is 14.6. The fraction of sp³-hybridized carbons (Fsp3) is 0.409. The number of amides is 1. The third-order valence-electron chi connectivity index (χ3n) is 4.44. The van der Waals surface area contributed by atoms with E-state index in [9.17, 15) is 13.6 Å². The summed E-state index contributed by atoms with van der Waals surface area (Å²) < 4.78 is 34.5. The maximum atomic E-state index is 14.6. The van der Waals surface area contributed by atoms with Crippen molar-refractivity contribution in [2.24, 2.45) is 0 Å². The molecule has 0 aliphatic rings. The van der Waals surface area contributed by atoms with Crippen LogP contribution in [0.15, 0.2) is 42.5 Å². The molecular weight excluding hydrogens is 348 g/mol. The number of benzene rings is 2. The summed E-state index contributed by atoms with van der Waals surface area (Å²) in [6, 6.07) is 11.4. The molecule has 0 aliphatic carbocycles. The van der Waals surface area contributed by atoms with Crippen molar-refractivity contribution in [2.45, 2.75) is 52.5 Å². The van der Waals surface area contributed by atoms with Crippen LogP contribution in [0, 0.1) is 0 Å². The molecule has 0 heterocycles. The van der Waals surface area contributed by atoms with Crippen LogP contribution in [0.25, 0.3) is 0 Å². The summed E-state index contributed by atoms with van der Waals surface area (Å²) >= 11 is 0. The fourth-order valence-corrected chi connectivity index (χ4v) is 2.89. The lowest BCUT2D eigenvalue weighted by atomic mass is 10.00. The lowest BCUT2D eigenvalue weighted by Gasteiger charge is -2.18. The van der Waals surface area contributed by atoms with Gasteiger partial charge in [0, 0.05) is 12.1 Å². The number of aryl methyl sites for hydroxylation is 2. The summed E-state index contributed by atoms with van der Waals surface area (Å²) in [4.78, 5) is 12.1. The highest BCUT2D eigenvalue weighted by Crippen LogP contribution is 2.30. The Labute approximate surface area is 159 Å². The van der Waals surface area contributed by atoms with Crippen molar-refractivity contribution in [3.05, 3.63) is 64.7 Å². The number of rotatable bonds is 9. The fourth-order valence-electron chi connectivity index (χ4n) is 2.89. The summed E-state index contributed by atoms with van der Waals surface area (Å²) in [5, 5.41) is 2.36. The van der Waals surface area contributed by atoms with Crippen molar-refractivity contribution < 1.29 is 18.3 Å². The first-order valence-electron chi connectivity index (χ1n) is 9.42. The molecule has 1 amide bonds. The molecule has 2 aromatic rings. The molecule has 2 rings (SSSR count). The topological polar surface area (TPSA) is 38.3 Å². The van der Waals surface area contributed by atoms with Gasteiger partial charge in [-0.15, -0.1) is 0 Å². The minimum absolute atomic E-state index is 0.0669. The van der Waals surface area contributed by atoms with Crippen molar-refractivity contribution in [1.29, 1.82) is 0 Å². The second kappa shape index (κ2) is 9.49. The van der Waals surface area contributed by atoms with Crippen LogP contribution in [-0.2, 0) is 30.1 Å². The Kier molecular flexibility index (Phi) is 7.34. The van der Waals surface area contributed by atoms with Crippen LogP contribution in [-0.4, -0.2) is 12.5 Å². The van der Waals surface area contributed by atoms with Crippen LogP contribution in [0.4, 0.5) is 8.78 Å². The van der Waals surface area contributed by atoms with E-state index in [2.05, 4.69) is 19.2 Å². The van der Waals surface area contributed by atoms with E-state index in [1.165, 1.54) is 29.3 Å². The van der Waals surface area contributed by atoms with E-state index >= 15 is 0 Å². The van der Waals surface area contributed by atoms with E-state index in [0.717, 1.165) is 24.8 Å². The maximum Gasteiger partial charge on any atom is 0.349 e. The van der Waals surface area contributed by atoms with Gasteiger partial charge in [-0.05, 0) is 48.1 Å². The summed E-state index contributed by atoms with van der Waals surface area (Å²) in [7, 11) is 0. The largest absolute Gasteiger partial charge is 0.494 e. The molecule has 0 unspecified atom stereocenters. The number of alkyl halides is 2. The highest BCUT2D eigenvalue weighted by molar-refractivity contribution is 5.84. The number of carbonyl (C=O) groups is 1. The zero-order valence-corrected chi connectivity index (χ0v) is 16.1. The number of nitrogens with one attached hydrogen (secondary N) is 1. The highest BCUT2D eigenvalue weighted by Gasteiger charge is 2.40. The van der Waals surface area contributed by atoms with E-state index in [4.69, 9.17) is 4.74 Å². The van der Waals surface area contributed by atoms with Gasteiger partial charge < -0.3 is 10.1 Å². The first-order valence-corrected chi connectivity index (χ1v) is 9.42. The van der Waals surface area contributed by atoms with E-state index in [0.29, 0.717) is 12.4 Å². The van der Waals surface area contributed by atoms with E-state index in [-0.39, 0.29) is 12.1 Å². The van der Waals surface area contributed by atoms with Gasteiger partial charge in [-0.1, -0.05) is 51.1 Å². The van der Waals surface area contributed by atoms with Gasteiger partial charge in [0.15, 0.2) is 0 Å². The Morgan fingerprint density at radius 1 is 1.04 bits per heavy atom. The number of hydrogen-bond acceptors (Lipinski definition) is 2. The third-order valence-corrected chi connectivity index (χ3v) is 4.44. The molecular formula is C22H27F2NO2. The molecule has 0 aromatic heterocycles. The molecule has 0 saturated carbocycles. The zero-order valence-electron chi connectivity index (χ0n) is 16.1. The van der Waals surface area contributed by atoms with Crippen LogP contribution in [0.2, 0.25) is 0 Å². The SMILES string of the molecule is CCCOc1cccc(C(F)(F)C(=O)NCc2ccc(CC)c(CC)c2)c1. The van der Waals surface area contributed by atoms with Crippen LogP contribution < -0.4 is 10.1 Å². The van der Waals surface area contributed by atoms with Crippen LogP contribution in [0.1, 0.15) is 49.4 Å². The smallest absolute Gasteiger partial charge is 0.349 e. The number of carbonyl (C=O) groups excluding carboxylic acids is 1. The van der Waals surface area contributed by atoms with Gasteiger partial charge in [0.2, 0.25) is 0 Å². The molecule has 0 aliphatic heterocycles. The van der Waals surface area contributed by atoms with Crippen molar-refractivity contribution in [1.82, 2.24) is 5.32 Å². The summed E-state index contributed by atoms with van der Waals surface area (Å²) in [5.74, 6) is -4.60. The lowest BCUT2D eigenvalue weighted by molar-refractivity contribution is -0.147. The Morgan fingerprint density at radius 2 is 1.78 bits per heavy atom. The zero-order chi connectivity index (χ0) is 19.9. The van der Waals surface area contributed by atoms with Gasteiger partial charge in [-0.25, -0.2) is 0 Å². The van der Waals surface area contributed by atoms with Crippen molar-refractivity contribution >= 4 is 5.91 Å². The Morgan fingerprint density at radius 3 is 2.44 bits per heavy atom. The first-order chi connectivity index (χ1) is 12.9. The average molecular weight is 375 g/mol. The van der Waals surface area contributed by atoms with E-state index in [1.54, 1.807) is 6.07 Å². The molecule has 0 atom stereocenters. The van der Waals surface area contributed by atoms with E-state index in [1.807, 2.05) is 25.1 Å². The van der Waals surface area contributed by atoms with Gasteiger partial charge in [0.05, 0.1) is 6.61 Å². The molecule has 0 bridgehead atoms. The van der Waals surface area contributed by atoms with Crippen molar-refractivity contribution in [3.63, 3.8) is 0 Å². The van der Waals surface area contributed by atoms with Crippen LogP contribution in [0.3, 0.4) is 0 Å². The van der Waals surface area contributed by atoms with E-state index < -0.39 is 11.8 Å². The minimum atomic E-state index is -3.62. The molecule has 1 N–H and O–H groups in total. The molecule has 3 nitrogen and oxygen atoms in total. The average Bonchev–Trinajstić information content (AvgIpc) is 2.70. The predicted octanol–water partition coefficient (Wildman–Crippen LogP) is 5.01. The lowest BCUT2D eigenvalue weighted by Crippen LogP contribution is -2.37. The molecule has 27 heavy (non-hydrogen) atoms. The first kappa shape index (κ1) is 20.9. The van der Waals surface area contributed by atoms with Gasteiger partial charge in [0.25, 0.3) is 5.91 Å².